The van der Waals surface area contributed by atoms with E-state index in [0.29, 0.717) is 5.92 Å². The van der Waals surface area contributed by atoms with Gasteiger partial charge in [0, 0.05) is 6.54 Å². The van der Waals surface area contributed by atoms with Crippen LogP contribution in [0.3, 0.4) is 0 Å². The predicted octanol–water partition coefficient (Wildman–Crippen LogP) is 3.87. The van der Waals surface area contributed by atoms with Gasteiger partial charge in [0.05, 0.1) is 15.9 Å². The zero-order valence-electron chi connectivity index (χ0n) is 10.9. The third kappa shape index (κ3) is 4.84. The van der Waals surface area contributed by atoms with Crippen molar-refractivity contribution in [2.24, 2.45) is 5.92 Å². The molecule has 0 aromatic carbocycles. The van der Waals surface area contributed by atoms with Gasteiger partial charge in [-0.3, -0.25) is 0 Å². The molecular weight excluding hydrogens is 298 g/mol. The molecule has 0 saturated heterocycles. The molecule has 17 heavy (non-hydrogen) atoms. The lowest BCUT2D eigenvalue weighted by Gasteiger charge is -2.10. The second-order valence-corrected chi connectivity index (χ2v) is 6.15. The van der Waals surface area contributed by atoms with Crippen molar-refractivity contribution in [3.63, 3.8) is 0 Å². The standard InChI is InChI=1S/C12H20BrN3S/c1-5-14-12-11(13)9(4)15-10(16-12)7-17-6-8(2)3/h8H,5-7H2,1-4H3,(H,14,15,16). The predicted molar refractivity (Wildman–Crippen MR) is 79.6 cm³/mol. The number of rotatable bonds is 6. The smallest absolute Gasteiger partial charge is 0.144 e. The summed E-state index contributed by atoms with van der Waals surface area (Å²) in [7, 11) is 0. The van der Waals surface area contributed by atoms with Crippen molar-refractivity contribution in [1.29, 1.82) is 0 Å². The fraction of sp³-hybridized carbons (Fsp3) is 0.667. The SMILES string of the molecule is CCNc1nc(CSCC(C)C)nc(C)c1Br. The van der Waals surface area contributed by atoms with E-state index in [2.05, 4.69) is 52.0 Å². The second kappa shape index (κ2) is 7.21. The van der Waals surface area contributed by atoms with Crippen molar-refractivity contribution in [1.82, 2.24) is 9.97 Å². The maximum Gasteiger partial charge on any atom is 0.144 e. The summed E-state index contributed by atoms with van der Waals surface area (Å²) in [6, 6.07) is 0. The minimum atomic E-state index is 0.713. The summed E-state index contributed by atoms with van der Waals surface area (Å²) in [5.74, 6) is 4.55. The molecule has 0 radical (unpaired) electrons. The summed E-state index contributed by atoms with van der Waals surface area (Å²) >= 11 is 5.40. The first-order valence-corrected chi connectivity index (χ1v) is 7.84. The minimum Gasteiger partial charge on any atom is -0.369 e. The normalized spacial score (nSPS) is 10.9. The van der Waals surface area contributed by atoms with Crippen LogP contribution < -0.4 is 5.32 Å². The third-order valence-electron chi connectivity index (χ3n) is 2.09. The topological polar surface area (TPSA) is 37.8 Å². The van der Waals surface area contributed by atoms with E-state index in [1.165, 1.54) is 0 Å². The average Bonchev–Trinajstić information content (AvgIpc) is 2.25. The van der Waals surface area contributed by atoms with Crippen molar-refractivity contribution >= 4 is 33.5 Å². The fourth-order valence-corrected chi connectivity index (χ4v) is 2.57. The molecule has 1 N–H and O–H groups in total. The summed E-state index contributed by atoms with van der Waals surface area (Å²) in [5.41, 5.74) is 0.996. The Morgan fingerprint density at radius 1 is 1.35 bits per heavy atom. The van der Waals surface area contributed by atoms with E-state index < -0.39 is 0 Å². The summed E-state index contributed by atoms with van der Waals surface area (Å²) in [4.78, 5) is 9.02. The number of aromatic nitrogens is 2. The molecule has 1 aromatic rings. The van der Waals surface area contributed by atoms with Crippen LogP contribution in [0, 0.1) is 12.8 Å². The Balaban J connectivity index is 2.72. The Morgan fingerprint density at radius 3 is 2.65 bits per heavy atom. The highest BCUT2D eigenvalue weighted by atomic mass is 79.9. The van der Waals surface area contributed by atoms with Crippen LogP contribution in [0.4, 0.5) is 5.82 Å². The molecule has 5 heteroatoms. The maximum absolute atomic E-state index is 4.53. The van der Waals surface area contributed by atoms with Crippen LogP contribution in [-0.2, 0) is 5.75 Å². The largest absolute Gasteiger partial charge is 0.369 e. The molecule has 0 amide bonds. The summed E-state index contributed by atoms with van der Waals surface area (Å²) < 4.78 is 0.969. The van der Waals surface area contributed by atoms with E-state index in [-0.39, 0.29) is 0 Å². The number of aryl methyl sites for hydroxylation is 1. The number of nitrogens with one attached hydrogen (secondary N) is 1. The lowest BCUT2D eigenvalue weighted by molar-refractivity contribution is 0.749. The number of hydrogen-bond acceptors (Lipinski definition) is 4. The quantitative estimate of drug-likeness (QED) is 0.864. The molecule has 0 aliphatic carbocycles. The van der Waals surface area contributed by atoms with Crippen molar-refractivity contribution in [2.75, 3.05) is 17.6 Å². The van der Waals surface area contributed by atoms with Crippen LogP contribution in [0.2, 0.25) is 0 Å². The molecule has 0 unspecified atom stereocenters. The van der Waals surface area contributed by atoms with Crippen LogP contribution in [0.15, 0.2) is 4.47 Å². The zero-order valence-corrected chi connectivity index (χ0v) is 13.3. The van der Waals surface area contributed by atoms with Crippen LogP contribution in [0.5, 0.6) is 0 Å². The van der Waals surface area contributed by atoms with Gasteiger partial charge in [0.1, 0.15) is 11.6 Å². The molecule has 3 nitrogen and oxygen atoms in total. The highest BCUT2D eigenvalue weighted by Crippen LogP contribution is 2.24. The maximum atomic E-state index is 4.53. The Bertz CT molecular complexity index is 369. The van der Waals surface area contributed by atoms with E-state index in [1.807, 2.05) is 18.7 Å². The fourth-order valence-electron chi connectivity index (χ4n) is 1.35. The Labute approximate surface area is 116 Å². The van der Waals surface area contributed by atoms with Crippen molar-refractivity contribution in [2.45, 2.75) is 33.4 Å². The Hall–Kier alpha value is -0.290. The third-order valence-corrected chi connectivity index (χ3v) is 4.40. The number of anilines is 1. The van der Waals surface area contributed by atoms with Gasteiger partial charge >= 0.3 is 0 Å². The van der Waals surface area contributed by atoms with Crippen LogP contribution in [0.1, 0.15) is 32.3 Å². The van der Waals surface area contributed by atoms with Gasteiger partial charge < -0.3 is 5.32 Å². The monoisotopic (exact) mass is 317 g/mol. The molecule has 0 saturated carbocycles. The molecule has 0 spiro atoms. The van der Waals surface area contributed by atoms with Gasteiger partial charge in [0.25, 0.3) is 0 Å². The Kier molecular flexibility index (Phi) is 6.27. The van der Waals surface area contributed by atoms with Crippen LogP contribution >= 0.6 is 27.7 Å². The van der Waals surface area contributed by atoms with Crippen LogP contribution in [0.25, 0.3) is 0 Å². The van der Waals surface area contributed by atoms with Crippen molar-refractivity contribution in [3.8, 4) is 0 Å². The molecule has 0 bridgehead atoms. The molecule has 0 fully saturated rings. The van der Waals surface area contributed by atoms with E-state index in [9.17, 15) is 0 Å². The minimum absolute atomic E-state index is 0.713. The molecular formula is C12H20BrN3S. The first kappa shape index (κ1) is 14.8. The van der Waals surface area contributed by atoms with Gasteiger partial charge in [-0.2, -0.15) is 11.8 Å². The molecule has 1 heterocycles. The van der Waals surface area contributed by atoms with Crippen molar-refractivity contribution in [3.05, 3.63) is 16.0 Å². The van der Waals surface area contributed by atoms with E-state index in [4.69, 9.17) is 0 Å². The number of thioether (sulfide) groups is 1. The van der Waals surface area contributed by atoms with Gasteiger partial charge in [-0.1, -0.05) is 13.8 Å². The first-order chi connectivity index (χ1) is 8.04. The molecule has 1 rings (SSSR count). The van der Waals surface area contributed by atoms with Gasteiger partial charge in [-0.25, -0.2) is 9.97 Å². The van der Waals surface area contributed by atoms with Gasteiger partial charge in [-0.05, 0) is 41.4 Å². The second-order valence-electron chi connectivity index (χ2n) is 4.33. The van der Waals surface area contributed by atoms with E-state index in [1.54, 1.807) is 0 Å². The van der Waals surface area contributed by atoms with E-state index in [0.717, 1.165) is 39.9 Å². The lowest BCUT2D eigenvalue weighted by atomic mass is 10.3. The molecule has 96 valence electrons. The molecule has 1 aromatic heterocycles. The first-order valence-electron chi connectivity index (χ1n) is 5.89. The Morgan fingerprint density at radius 2 is 2.06 bits per heavy atom. The number of halogens is 1. The van der Waals surface area contributed by atoms with Crippen molar-refractivity contribution < 1.29 is 0 Å². The molecule has 0 atom stereocenters. The highest BCUT2D eigenvalue weighted by Gasteiger charge is 2.08. The summed E-state index contributed by atoms with van der Waals surface area (Å²) in [6.45, 7) is 9.39. The summed E-state index contributed by atoms with van der Waals surface area (Å²) in [5, 5.41) is 3.25. The summed E-state index contributed by atoms with van der Waals surface area (Å²) in [6.07, 6.45) is 0. The van der Waals surface area contributed by atoms with Gasteiger partial charge in [-0.15, -0.1) is 0 Å². The zero-order chi connectivity index (χ0) is 12.8. The van der Waals surface area contributed by atoms with Crippen LogP contribution in [-0.4, -0.2) is 22.3 Å². The average molecular weight is 318 g/mol. The number of nitrogens with zero attached hydrogens (tertiary/aromatic N) is 2. The number of hydrogen-bond donors (Lipinski definition) is 1. The van der Waals surface area contributed by atoms with E-state index >= 15 is 0 Å². The molecule has 0 aliphatic rings. The highest BCUT2D eigenvalue weighted by molar-refractivity contribution is 9.10. The molecule has 0 aliphatic heterocycles. The lowest BCUT2D eigenvalue weighted by Crippen LogP contribution is -2.06. The van der Waals surface area contributed by atoms with Gasteiger partial charge in [0.2, 0.25) is 0 Å². The van der Waals surface area contributed by atoms with Gasteiger partial charge in [0.15, 0.2) is 0 Å².